The van der Waals surface area contributed by atoms with E-state index in [2.05, 4.69) is 0 Å². The molecule has 0 aromatic carbocycles. The highest BCUT2D eigenvalue weighted by Gasteiger charge is 2.60. The lowest BCUT2D eigenvalue weighted by Crippen LogP contribution is -2.68. The van der Waals surface area contributed by atoms with Crippen LogP contribution in [0, 0.1) is 5.41 Å². The van der Waals surface area contributed by atoms with Crippen LogP contribution in [0.25, 0.3) is 0 Å². The van der Waals surface area contributed by atoms with Crippen molar-refractivity contribution in [3.63, 3.8) is 0 Å². The maximum Gasteiger partial charge on any atom is 0.322 e. The zero-order valence-electron chi connectivity index (χ0n) is 11.3. The lowest BCUT2D eigenvalue weighted by atomic mass is 9.72. The molecule has 1 atom stereocenters. The number of hydrogen-bond acceptors (Lipinski definition) is 5. The third-order valence-electron chi connectivity index (χ3n) is 4.24. The van der Waals surface area contributed by atoms with Crippen LogP contribution in [-0.4, -0.2) is 62.6 Å². The Morgan fingerprint density at radius 2 is 1.75 bits per heavy atom. The van der Waals surface area contributed by atoms with Crippen LogP contribution in [0.4, 0.5) is 0 Å². The fraction of sp³-hybridized carbons (Fsp3) is 0.909. The minimum Gasteiger partial charge on any atom is -0.480 e. The summed E-state index contributed by atoms with van der Waals surface area (Å²) in [6.07, 6.45) is 4.25. The first kappa shape index (κ1) is 15.7. The molecule has 0 aromatic rings. The van der Waals surface area contributed by atoms with Crippen LogP contribution < -0.4 is 0 Å². The SMILES string of the molecule is CS(=O)(=O)CCS(=O)(=O)N1CC2(CCCC2)C1C(=O)O. The van der Waals surface area contributed by atoms with Gasteiger partial charge in [-0.25, -0.2) is 16.8 Å². The van der Waals surface area contributed by atoms with Crippen LogP contribution in [0.15, 0.2) is 0 Å². The minimum absolute atomic E-state index is 0.204. The molecule has 1 saturated heterocycles. The van der Waals surface area contributed by atoms with E-state index in [4.69, 9.17) is 0 Å². The monoisotopic (exact) mass is 325 g/mol. The molecule has 1 heterocycles. The van der Waals surface area contributed by atoms with Crippen molar-refractivity contribution >= 4 is 25.8 Å². The van der Waals surface area contributed by atoms with Crippen molar-refractivity contribution in [3.05, 3.63) is 0 Å². The Hall–Kier alpha value is -0.670. The second-order valence-corrected chi connectivity index (χ2v) is 10.1. The van der Waals surface area contributed by atoms with Gasteiger partial charge in [-0.1, -0.05) is 12.8 Å². The van der Waals surface area contributed by atoms with Crippen molar-refractivity contribution in [2.24, 2.45) is 5.41 Å². The van der Waals surface area contributed by atoms with E-state index in [0.29, 0.717) is 0 Å². The van der Waals surface area contributed by atoms with Crippen LogP contribution in [0.3, 0.4) is 0 Å². The highest BCUT2D eigenvalue weighted by Crippen LogP contribution is 2.51. The predicted octanol–water partition coefficient (Wildman–Crippen LogP) is -0.310. The second-order valence-electron chi connectivity index (χ2n) is 5.80. The smallest absolute Gasteiger partial charge is 0.322 e. The topological polar surface area (TPSA) is 109 Å². The van der Waals surface area contributed by atoms with Crippen molar-refractivity contribution in [3.8, 4) is 0 Å². The van der Waals surface area contributed by atoms with E-state index in [0.717, 1.165) is 36.2 Å². The van der Waals surface area contributed by atoms with Gasteiger partial charge in [-0.3, -0.25) is 4.79 Å². The Morgan fingerprint density at radius 1 is 1.20 bits per heavy atom. The molecule has 2 aliphatic rings. The molecular weight excluding hydrogens is 306 g/mol. The van der Waals surface area contributed by atoms with Crippen LogP contribution in [-0.2, 0) is 24.7 Å². The average Bonchev–Trinajstić information content (AvgIpc) is 2.72. The Balaban J connectivity index is 2.15. The number of sulfone groups is 1. The molecule has 9 heteroatoms. The van der Waals surface area contributed by atoms with E-state index < -0.39 is 48.8 Å². The molecule has 2 rings (SSSR count). The number of carboxylic acids is 1. The summed E-state index contributed by atoms with van der Waals surface area (Å²) in [5, 5.41) is 9.30. The largest absolute Gasteiger partial charge is 0.480 e. The lowest BCUT2D eigenvalue weighted by molar-refractivity contribution is -0.155. The van der Waals surface area contributed by atoms with Gasteiger partial charge in [-0.05, 0) is 12.8 Å². The molecule has 1 aliphatic heterocycles. The first-order valence-corrected chi connectivity index (χ1v) is 10.1. The van der Waals surface area contributed by atoms with E-state index in [1.54, 1.807) is 0 Å². The van der Waals surface area contributed by atoms with Gasteiger partial charge < -0.3 is 5.11 Å². The minimum atomic E-state index is -3.84. The van der Waals surface area contributed by atoms with Gasteiger partial charge in [-0.2, -0.15) is 4.31 Å². The van der Waals surface area contributed by atoms with Gasteiger partial charge in [0.15, 0.2) is 0 Å². The number of aliphatic carboxylic acids is 1. The first-order chi connectivity index (χ1) is 9.07. The Morgan fingerprint density at radius 3 is 2.20 bits per heavy atom. The van der Waals surface area contributed by atoms with Gasteiger partial charge in [0.25, 0.3) is 0 Å². The van der Waals surface area contributed by atoms with Gasteiger partial charge >= 0.3 is 5.97 Å². The number of sulfonamides is 1. The molecule has 1 N–H and O–H groups in total. The second kappa shape index (κ2) is 4.96. The van der Waals surface area contributed by atoms with Crippen LogP contribution in [0.2, 0.25) is 0 Å². The molecule has 0 amide bonds. The van der Waals surface area contributed by atoms with Gasteiger partial charge in [0.1, 0.15) is 15.9 Å². The molecule has 7 nitrogen and oxygen atoms in total. The van der Waals surface area contributed by atoms with Crippen molar-refractivity contribution in [1.82, 2.24) is 4.31 Å². The third kappa shape index (κ3) is 2.84. The lowest BCUT2D eigenvalue weighted by Gasteiger charge is -2.52. The molecule has 1 unspecified atom stereocenters. The predicted molar refractivity (Wildman–Crippen MR) is 72.5 cm³/mol. The molecule has 0 bridgehead atoms. The summed E-state index contributed by atoms with van der Waals surface area (Å²) in [5.74, 6) is -2.17. The molecule has 1 spiro atoms. The molecule has 0 aromatic heterocycles. The van der Waals surface area contributed by atoms with Crippen molar-refractivity contribution in [2.75, 3.05) is 24.3 Å². The summed E-state index contributed by atoms with van der Waals surface area (Å²) in [6.45, 7) is 0.204. The van der Waals surface area contributed by atoms with Crippen LogP contribution >= 0.6 is 0 Å². The van der Waals surface area contributed by atoms with Crippen molar-refractivity contribution in [1.29, 1.82) is 0 Å². The number of hydrogen-bond donors (Lipinski definition) is 1. The van der Waals surface area contributed by atoms with Crippen LogP contribution in [0.1, 0.15) is 25.7 Å². The fourth-order valence-electron chi connectivity index (χ4n) is 3.21. The number of carboxylic acid groups (broad SMARTS) is 1. The molecule has 2 fully saturated rings. The maximum atomic E-state index is 12.1. The third-order valence-corrected chi connectivity index (χ3v) is 7.22. The number of carbonyl (C=O) groups is 1. The summed E-state index contributed by atoms with van der Waals surface area (Å²) in [7, 11) is -7.23. The zero-order chi connectivity index (χ0) is 15.2. The molecule has 1 aliphatic carbocycles. The zero-order valence-corrected chi connectivity index (χ0v) is 12.9. The van der Waals surface area contributed by atoms with Gasteiger partial charge in [0, 0.05) is 18.2 Å². The highest BCUT2D eigenvalue weighted by atomic mass is 32.2. The highest BCUT2D eigenvalue weighted by molar-refractivity contribution is 7.93. The molecule has 0 radical (unpaired) electrons. The van der Waals surface area contributed by atoms with Crippen molar-refractivity contribution < 1.29 is 26.7 Å². The summed E-state index contributed by atoms with van der Waals surface area (Å²) in [6, 6.07) is -1.03. The van der Waals surface area contributed by atoms with E-state index >= 15 is 0 Å². The van der Waals surface area contributed by atoms with E-state index in [1.165, 1.54) is 0 Å². The quantitative estimate of drug-likeness (QED) is 0.742. The van der Waals surface area contributed by atoms with Crippen molar-refractivity contribution in [2.45, 2.75) is 31.7 Å². The number of nitrogens with zero attached hydrogens (tertiary/aromatic N) is 1. The Bertz CT molecular complexity index is 603. The average molecular weight is 325 g/mol. The number of rotatable bonds is 5. The standard InChI is InChI=1S/C11H19NO6S2/c1-19(15,16)6-7-20(17,18)12-8-11(4-2-3-5-11)9(12)10(13)14/h9H,2-8H2,1H3,(H,13,14). The maximum absolute atomic E-state index is 12.1. The van der Waals surface area contributed by atoms with E-state index in [-0.39, 0.29) is 6.54 Å². The Labute approximate surface area is 118 Å². The first-order valence-electron chi connectivity index (χ1n) is 6.48. The molecule has 116 valence electrons. The molecular formula is C11H19NO6S2. The molecule has 1 saturated carbocycles. The summed E-state index contributed by atoms with van der Waals surface area (Å²) >= 11 is 0. The summed E-state index contributed by atoms with van der Waals surface area (Å²) in [5.41, 5.74) is -0.440. The normalized spacial score (nSPS) is 26.6. The van der Waals surface area contributed by atoms with Gasteiger partial charge in [0.2, 0.25) is 10.0 Å². The van der Waals surface area contributed by atoms with Gasteiger partial charge in [-0.15, -0.1) is 0 Å². The van der Waals surface area contributed by atoms with Gasteiger partial charge in [0.05, 0.1) is 11.5 Å². The Kier molecular flexibility index (Phi) is 3.89. The summed E-state index contributed by atoms with van der Waals surface area (Å²) < 4.78 is 47.3. The van der Waals surface area contributed by atoms with E-state index in [1.807, 2.05) is 0 Å². The van der Waals surface area contributed by atoms with E-state index in [9.17, 15) is 26.7 Å². The van der Waals surface area contributed by atoms with Crippen LogP contribution in [0.5, 0.6) is 0 Å². The summed E-state index contributed by atoms with van der Waals surface area (Å²) in [4.78, 5) is 11.4. The molecule has 20 heavy (non-hydrogen) atoms. The fourth-order valence-corrected chi connectivity index (χ4v) is 6.59.